The fourth-order valence-electron chi connectivity index (χ4n) is 2.82. The summed E-state index contributed by atoms with van der Waals surface area (Å²) in [6.07, 6.45) is 2.10. The summed E-state index contributed by atoms with van der Waals surface area (Å²) in [7, 11) is 0. The van der Waals surface area contributed by atoms with Crippen molar-refractivity contribution >= 4 is 0 Å². The van der Waals surface area contributed by atoms with E-state index < -0.39 is 0 Å². The van der Waals surface area contributed by atoms with Crippen molar-refractivity contribution in [1.29, 1.82) is 0 Å². The third kappa shape index (κ3) is 3.34. The van der Waals surface area contributed by atoms with Gasteiger partial charge in [0.25, 0.3) is 0 Å². The minimum atomic E-state index is 0.0275. The summed E-state index contributed by atoms with van der Waals surface area (Å²) in [5.74, 6) is 2.13. The molecule has 0 bridgehead atoms. The van der Waals surface area contributed by atoms with Gasteiger partial charge in [-0.3, -0.25) is 0 Å². The van der Waals surface area contributed by atoms with E-state index in [0.717, 1.165) is 31.9 Å². The molecule has 1 N–H and O–H groups in total. The van der Waals surface area contributed by atoms with Crippen molar-refractivity contribution in [3.63, 3.8) is 0 Å². The summed E-state index contributed by atoms with van der Waals surface area (Å²) in [5, 5.41) is 7.55. The van der Waals surface area contributed by atoms with Crippen molar-refractivity contribution in [2.45, 2.75) is 58.6 Å². The SMILES string of the molecule is CCNC(C)C(c1nc(C2CCCO2)no1)C(C)C. The van der Waals surface area contributed by atoms with Crippen LogP contribution in [-0.2, 0) is 4.74 Å². The minimum Gasteiger partial charge on any atom is -0.370 e. The van der Waals surface area contributed by atoms with Crippen LogP contribution in [0.1, 0.15) is 64.3 Å². The van der Waals surface area contributed by atoms with Gasteiger partial charge in [0.1, 0.15) is 6.10 Å². The lowest BCUT2D eigenvalue weighted by molar-refractivity contribution is 0.103. The lowest BCUT2D eigenvalue weighted by Crippen LogP contribution is -2.34. The first-order valence-electron chi connectivity index (χ1n) is 7.32. The highest BCUT2D eigenvalue weighted by atomic mass is 16.5. The van der Waals surface area contributed by atoms with Gasteiger partial charge in [-0.05, 0) is 32.2 Å². The molecule has 0 spiro atoms. The molecule has 2 heterocycles. The van der Waals surface area contributed by atoms with E-state index >= 15 is 0 Å². The van der Waals surface area contributed by atoms with Gasteiger partial charge in [0.05, 0.1) is 5.92 Å². The number of hydrogen-bond acceptors (Lipinski definition) is 5. The summed E-state index contributed by atoms with van der Waals surface area (Å²) < 4.78 is 11.1. The van der Waals surface area contributed by atoms with Crippen molar-refractivity contribution < 1.29 is 9.26 Å². The van der Waals surface area contributed by atoms with Gasteiger partial charge in [-0.25, -0.2) is 0 Å². The predicted molar refractivity (Wildman–Crippen MR) is 72.9 cm³/mol. The zero-order valence-electron chi connectivity index (χ0n) is 12.3. The van der Waals surface area contributed by atoms with E-state index in [1.807, 2.05) is 0 Å². The van der Waals surface area contributed by atoms with Gasteiger partial charge in [-0.1, -0.05) is 25.9 Å². The number of nitrogens with zero attached hydrogens (tertiary/aromatic N) is 2. The topological polar surface area (TPSA) is 60.2 Å². The van der Waals surface area contributed by atoms with Crippen LogP contribution in [0.25, 0.3) is 0 Å². The second-order valence-electron chi connectivity index (χ2n) is 5.61. The summed E-state index contributed by atoms with van der Waals surface area (Å²) >= 11 is 0. The molecule has 1 aliphatic rings. The summed E-state index contributed by atoms with van der Waals surface area (Å²) in [4.78, 5) is 4.57. The van der Waals surface area contributed by atoms with Gasteiger partial charge in [0, 0.05) is 12.6 Å². The number of ether oxygens (including phenoxy) is 1. The van der Waals surface area contributed by atoms with Crippen LogP contribution in [0, 0.1) is 5.92 Å². The number of likely N-dealkylation sites (N-methyl/N-ethyl adjacent to an activating group) is 1. The van der Waals surface area contributed by atoms with Crippen LogP contribution in [0.15, 0.2) is 4.52 Å². The number of aromatic nitrogens is 2. The average molecular weight is 267 g/mol. The van der Waals surface area contributed by atoms with E-state index in [1.54, 1.807) is 0 Å². The van der Waals surface area contributed by atoms with Crippen LogP contribution in [0.3, 0.4) is 0 Å². The van der Waals surface area contributed by atoms with Gasteiger partial charge in [-0.2, -0.15) is 4.98 Å². The quantitative estimate of drug-likeness (QED) is 0.858. The second kappa shape index (κ2) is 6.48. The van der Waals surface area contributed by atoms with E-state index in [4.69, 9.17) is 9.26 Å². The van der Waals surface area contributed by atoms with Crippen molar-refractivity contribution in [1.82, 2.24) is 15.5 Å². The molecule has 0 saturated carbocycles. The molecular weight excluding hydrogens is 242 g/mol. The molecule has 5 heteroatoms. The van der Waals surface area contributed by atoms with E-state index in [9.17, 15) is 0 Å². The van der Waals surface area contributed by atoms with E-state index in [0.29, 0.717) is 17.8 Å². The molecule has 0 aliphatic carbocycles. The predicted octanol–water partition coefficient (Wildman–Crippen LogP) is 2.66. The summed E-state index contributed by atoms with van der Waals surface area (Å²) in [5.41, 5.74) is 0. The normalized spacial score (nSPS) is 22.9. The molecular formula is C14H25N3O2. The molecule has 3 unspecified atom stereocenters. The number of rotatable bonds is 6. The van der Waals surface area contributed by atoms with Crippen molar-refractivity contribution in [2.75, 3.05) is 13.2 Å². The van der Waals surface area contributed by atoms with Crippen LogP contribution in [-0.4, -0.2) is 29.3 Å². The molecule has 1 aromatic heterocycles. The van der Waals surface area contributed by atoms with Crippen LogP contribution in [0.4, 0.5) is 0 Å². The Morgan fingerprint density at radius 3 is 2.74 bits per heavy atom. The zero-order chi connectivity index (χ0) is 13.8. The Morgan fingerprint density at radius 1 is 1.37 bits per heavy atom. The third-order valence-corrected chi connectivity index (χ3v) is 3.74. The van der Waals surface area contributed by atoms with Gasteiger partial charge in [0.15, 0.2) is 0 Å². The Labute approximate surface area is 115 Å². The van der Waals surface area contributed by atoms with Crippen LogP contribution < -0.4 is 5.32 Å². The van der Waals surface area contributed by atoms with Crippen LogP contribution in [0.2, 0.25) is 0 Å². The Hall–Kier alpha value is -0.940. The smallest absolute Gasteiger partial charge is 0.231 e. The van der Waals surface area contributed by atoms with Crippen molar-refractivity contribution in [2.24, 2.45) is 5.92 Å². The minimum absolute atomic E-state index is 0.0275. The monoisotopic (exact) mass is 267 g/mol. The summed E-state index contributed by atoms with van der Waals surface area (Å²) in [6, 6.07) is 0.322. The lowest BCUT2D eigenvalue weighted by atomic mass is 9.89. The standard InChI is InChI=1S/C14H25N3O2/c1-5-15-10(4)12(9(2)3)14-16-13(17-19-14)11-7-6-8-18-11/h9-12,15H,5-8H2,1-4H3. The zero-order valence-corrected chi connectivity index (χ0v) is 12.3. The second-order valence-corrected chi connectivity index (χ2v) is 5.61. The van der Waals surface area contributed by atoms with E-state index in [2.05, 4.69) is 43.2 Å². The molecule has 0 radical (unpaired) electrons. The fraction of sp³-hybridized carbons (Fsp3) is 0.857. The molecule has 1 saturated heterocycles. The number of nitrogens with one attached hydrogen (secondary N) is 1. The summed E-state index contributed by atoms with van der Waals surface area (Å²) in [6.45, 7) is 10.4. The Kier molecular flexibility index (Phi) is 4.93. The van der Waals surface area contributed by atoms with Crippen molar-refractivity contribution in [3.8, 4) is 0 Å². The highest BCUT2D eigenvalue weighted by Crippen LogP contribution is 2.30. The first kappa shape index (κ1) is 14.5. The maximum Gasteiger partial charge on any atom is 0.231 e. The molecule has 0 aromatic carbocycles. The first-order valence-corrected chi connectivity index (χ1v) is 7.32. The fourth-order valence-corrected chi connectivity index (χ4v) is 2.82. The van der Waals surface area contributed by atoms with Gasteiger partial charge in [0.2, 0.25) is 11.7 Å². The van der Waals surface area contributed by atoms with Crippen LogP contribution in [0.5, 0.6) is 0 Å². The highest BCUT2D eigenvalue weighted by molar-refractivity contribution is 5.02. The molecule has 1 aliphatic heterocycles. The molecule has 108 valence electrons. The average Bonchev–Trinajstić information content (AvgIpc) is 2.98. The molecule has 2 rings (SSSR count). The third-order valence-electron chi connectivity index (χ3n) is 3.74. The molecule has 0 amide bonds. The van der Waals surface area contributed by atoms with Crippen LogP contribution >= 0.6 is 0 Å². The molecule has 19 heavy (non-hydrogen) atoms. The Morgan fingerprint density at radius 2 is 2.16 bits per heavy atom. The Bertz CT molecular complexity index is 386. The molecule has 3 atom stereocenters. The molecule has 1 aromatic rings. The number of hydrogen-bond donors (Lipinski definition) is 1. The molecule has 1 fully saturated rings. The van der Waals surface area contributed by atoms with Gasteiger partial charge in [-0.15, -0.1) is 0 Å². The van der Waals surface area contributed by atoms with Gasteiger partial charge < -0.3 is 14.6 Å². The largest absolute Gasteiger partial charge is 0.370 e. The Balaban J connectivity index is 2.13. The van der Waals surface area contributed by atoms with Crippen molar-refractivity contribution in [3.05, 3.63) is 11.7 Å². The highest BCUT2D eigenvalue weighted by Gasteiger charge is 2.30. The molecule has 5 nitrogen and oxygen atoms in total. The first-order chi connectivity index (χ1) is 9.13. The maximum absolute atomic E-state index is 5.60. The van der Waals surface area contributed by atoms with E-state index in [-0.39, 0.29) is 12.0 Å². The maximum atomic E-state index is 5.60. The lowest BCUT2D eigenvalue weighted by Gasteiger charge is -2.24. The van der Waals surface area contributed by atoms with E-state index in [1.165, 1.54) is 0 Å². The van der Waals surface area contributed by atoms with Gasteiger partial charge >= 0.3 is 0 Å².